The van der Waals surface area contributed by atoms with E-state index in [1.165, 1.54) is 19.3 Å². The fourth-order valence-electron chi connectivity index (χ4n) is 2.45. The fourth-order valence-corrected chi connectivity index (χ4v) is 2.76. The Labute approximate surface area is 168 Å². The molecule has 0 aliphatic rings. The van der Waals surface area contributed by atoms with Crippen molar-refractivity contribution in [1.82, 2.24) is 0 Å². The highest BCUT2D eigenvalue weighted by Crippen LogP contribution is 2.39. The number of carbonyl (C=O) groups is 1. The van der Waals surface area contributed by atoms with Gasteiger partial charge in [-0.2, -0.15) is 0 Å². The summed E-state index contributed by atoms with van der Waals surface area (Å²) in [7, 11) is 1.36. The number of benzene rings is 2. The second-order valence-electron chi connectivity index (χ2n) is 6.16. The summed E-state index contributed by atoms with van der Waals surface area (Å²) in [6.07, 6.45) is 5.01. The molecule has 0 atom stereocenters. The SMILES string of the molecule is COc1cc(O)c(CC=C(C)C)c(O)c1C(=O)C=Cc1ccc(Cl)c(Cl)c1. The normalized spacial score (nSPS) is 10.9. The van der Waals surface area contributed by atoms with E-state index in [-0.39, 0.29) is 28.4 Å². The van der Waals surface area contributed by atoms with Crippen molar-refractivity contribution >= 4 is 35.1 Å². The average molecular weight is 407 g/mol. The van der Waals surface area contributed by atoms with Crippen molar-refractivity contribution in [1.29, 1.82) is 0 Å². The van der Waals surface area contributed by atoms with Gasteiger partial charge in [0.05, 0.1) is 17.2 Å². The first-order valence-electron chi connectivity index (χ1n) is 8.17. The van der Waals surface area contributed by atoms with Gasteiger partial charge in [0, 0.05) is 11.6 Å². The molecule has 2 aromatic rings. The summed E-state index contributed by atoms with van der Waals surface area (Å²) in [6, 6.07) is 6.30. The molecule has 0 bridgehead atoms. The Balaban J connectivity index is 2.44. The summed E-state index contributed by atoms with van der Waals surface area (Å²) >= 11 is 11.9. The second kappa shape index (κ2) is 8.98. The number of hydrogen-bond donors (Lipinski definition) is 2. The number of halogens is 2. The quantitative estimate of drug-likeness (QED) is 0.360. The lowest BCUT2D eigenvalue weighted by Crippen LogP contribution is -2.02. The van der Waals surface area contributed by atoms with Crippen molar-refractivity contribution < 1.29 is 19.7 Å². The zero-order chi connectivity index (χ0) is 20.1. The molecule has 0 fully saturated rings. The van der Waals surface area contributed by atoms with E-state index in [9.17, 15) is 15.0 Å². The Kier molecular flexibility index (Phi) is 6.94. The van der Waals surface area contributed by atoms with E-state index in [1.807, 2.05) is 19.9 Å². The molecule has 0 amide bonds. The first kappa shape index (κ1) is 20.9. The second-order valence-corrected chi connectivity index (χ2v) is 6.97. The smallest absolute Gasteiger partial charge is 0.193 e. The number of phenols is 2. The van der Waals surface area contributed by atoms with Crippen LogP contribution < -0.4 is 4.74 Å². The van der Waals surface area contributed by atoms with Crippen LogP contribution in [-0.2, 0) is 6.42 Å². The van der Waals surface area contributed by atoms with E-state index in [0.29, 0.717) is 22.0 Å². The lowest BCUT2D eigenvalue weighted by atomic mass is 9.99. The summed E-state index contributed by atoms with van der Waals surface area (Å²) < 4.78 is 5.17. The fraction of sp³-hybridized carbons (Fsp3) is 0.190. The molecule has 0 unspecified atom stereocenters. The van der Waals surface area contributed by atoms with E-state index >= 15 is 0 Å². The number of hydrogen-bond acceptors (Lipinski definition) is 4. The zero-order valence-electron chi connectivity index (χ0n) is 15.2. The maximum atomic E-state index is 12.7. The van der Waals surface area contributed by atoms with E-state index < -0.39 is 5.78 Å². The molecule has 2 aromatic carbocycles. The van der Waals surface area contributed by atoms with Crippen molar-refractivity contribution in [3.8, 4) is 17.2 Å². The van der Waals surface area contributed by atoms with Crippen molar-refractivity contribution in [2.24, 2.45) is 0 Å². The third kappa shape index (κ3) is 5.06. The molecule has 2 rings (SSSR count). The summed E-state index contributed by atoms with van der Waals surface area (Å²) in [5, 5.41) is 21.5. The van der Waals surface area contributed by atoms with E-state index in [4.69, 9.17) is 27.9 Å². The van der Waals surface area contributed by atoms with E-state index in [1.54, 1.807) is 24.3 Å². The molecule has 142 valence electrons. The molecule has 0 aromatic heterocycles. The van der Waals surface area contributed by atoms with Gasteiger partial charge in [0.1, 0.15) is 22.8 Å². The summed E-state index contributed by atoms with van der Waals surface area (Å²) in [5.41, 5.74) is 1.96. The van der Waals surface area contributed by atoms with Gasteiger partial charge in [0.25, 0.3) is 0 Å². The summed E-state index contributed by atoms with van der Waals surface area (Å²) in [6.45, 7) is 3.81. The van der Waals surface area contributed by atoms with Gasteiger partial charge in [-0.1, -0.05) is 47.0 Å². The van der Waals surface area contributed by atoms with Crippen LogP contribution >= 0.6 is 23.2 Å². The first-order chi connectivity index (χ1) is 12.7. The highest BCUT2D eigenvalue weighted by atomic mass is 35.5. The molecule has 0 radical (unpaired) electrons. The third-order valence-electron chi connectivity index (χ3n) is 3.90. The average Bonchev–Trinajstić information content (AvgIpc) is 2.61. The minimum atomic E-state index is -0.464. The molecule has 2 N–H and O–H groups in total. The minimum absolute atomic E-state index is 0.0104. The standard InChI is InChI=1S/C21H20Cl2O4/c1-12(2)4-7-14-18(25)11-19(27-3)20(21(14)26)17(24)9-6-13-5-8-15(22)16(23)10-13/h4-6,8-11,25-26H,7H2,1-3H3. The first-order valence-corrected chi connectivity index (χ1v) is 8.92. The Hall–Kier alpha value is -2.43. The molecule has 4 nitrogen and oxygen atoms in total. The van der Waals surface area contributed by atoms with Crippen LogP contribution in [0, 0.1) is 0 Å². The third-order valence-corrected chi connectivity index (χ3v) is 4.64. The maximum Gasteiger partial charge on any atom is 0.193 e. The largest absolute Gasteiger partial charge is 0.507 e. The Morgan fingerprint density at radius 2 is 1.85 bits per heavy atom. The number of carbonyl (C=O) groups excluding carboxylic acids is 1. The number of methoxy groups -OCH3 is 1. The Morgan fingerprint density at radius 1 is 1.15 bits per heavy atom. The lowest BCUT2D eigenvalue weighted by Gasteiger charge is -2.13. The molecule has 0 saturated carbocycles. The molecular weight excluding hydrogens is 387 g/mol. The van der Waals surface area contributed by atoms with Gasteiger partial charge in [-0.05, 0) is 44.0 Å². The monoisotopic (exact) mass is 406 g/mol. The number of rotatable bonds is 6. The highest BCUT2D eigenvalue weighted by Gasteiger charge is 2.21. The van der Waals surface area contributed by atoms with Gasteiger partial charge in [0.2, 0.25) is 0 Å². The van der Waals surface area contributed by atoms with Crippen LogP contribution in [0.15, 0.2) is 42.0 Å². The van der Waals surface area contributed by atoms with Gasteiger partial charge in [-0.25, -0.2) is 0 Å². The summed E-state index contributed by atoms with van der Waals surface area (Å²) in [5.74, 6) is -0.802. The zero-order valence-corrected chi connectivity index (χ0v) is 16.7. The van der Waals surface area contributed by atoms with E-state index in [2.05, 4.69) is 0 Å². The molecule has 6 heteroatoms. The molecule has 0 spiro atoms. The van der Waals surface area contributed by atoms with Crippen LogP contribution in [0.1, 0.15) is 35.3 Å². The van der Waals surface area contributed by atoms with Crippen LogP contribution in [-0.4, -0.2) is 23.1 Å². The molecule has 0 heterocycles. The Bertz CT molecular complexity index is 926. The number of phenolic OH excluding ortho intramolecular Hbond substituents is 2. The number of allylic oxidation sites excluding steroid dienone is 3. The molecule has 0 aliphatic carbocycles. The van der Waals surface area contributed by atoms with Crippen molar-refractivity contribution in [2.45, 2.75) is 20.3 Å². The molecule has 27 heavy (non-hydrogen) atoms. The summed E-state index contributed by atoms with van der Waals surface area (Å²) in [4.78, 5) is 12.7. The van der Waals surface area contributed by atoms with Crippen LogP contribution in [0.4, 0.5) is 0 Å². The molecule has 0 aliphatic heterocycles. The van der Waals surface area contributed by atoms with Crippen molar-refractivity contribution in [3.05, 3.63) is 68.7 Å². The van der Waals surface area contributed by atoms with Crippen LogP contribution in [0.25, 0.3) is 6.08 Å². The number of aromatic hydroxyl groups is 2. The topological polar surface area (TPSA) is 66.8 Å². The van der Waals surface area contributed by atoms with Gasteiger partial charge >= 0.3 is 0 Å². The van der Waals surface area contributed by atoms with Gasteiger partial charge in [-0.3, -0.25) is 4.79 Å². The van der Waals surface area contributed by atoms with Crippen molar-refractivity contribution in [3.63, 3.8) is 0 Å². The predicted molar refractivity (Wildman–Crippen MR) is 109 cm³/mol. The number of ketones is 1. The molecule has 0 saturated heterocycles. The van der Waals surface area contributed by atoms with Gasteiger partial charge < -0.3 is 14.9 Å². The van der Waals surface area contributed by atoms with Gasteiger partial charge in [0.15, 0.2) is 5.78 Å². The lowest BCUT2D eigenvalue weighted by molar-refractivity contribution is 0.104. The van der Waals surface area contributed by atoms with Crippen LogP contribution in [0.3, 0.4) is 0 Å². The molecular formula is C21H20Cl2O4. The highest BCUT2D eigenvalue weighted by molar-refractivity contribution is 6.42. The van der Waals surface area contributed by atoms with Crippen LogP contribution in [0.2, 0.25) is 10.0 Å². The van der Waals surface area contributed by atoms with Crippen LogP contribution in [0.5, 0.6) is 17.2 Å². The van der Waals surface area contributed by atoms with E-state index in [0.717, 1.165) is 5.57 Å². The minimum Gasteiger partial charge on any atom is -0.507 e. The number of ether oxygens (including phenoxy) is 1. The maximum absolute atomic E-state index is 12.7. The van der Waals surface area contributed by atoms with Gasteiger partial charge in [-0.15, -0.1) is 0 Å². The Morgan fingerprint density at radius 3 is 2.44 bits per heavy atom. The predicted octanol–water partition coefficient (Wildman–Crippen LogP) is 5.82. The van der Waals surface area contributed by atoms with Crippen molar-refractivity contribution in [2.75, 3.05) is 7.11 Å².